The number of benzene rings is 1. The summed E-state index contributed by atoms with van der Waals surface area (Å²) in [5, 5.41) is 2.34. The summed E-state index contributed by atoms with van der Waals surface area (Å²) in [5.41, 5.74) is 8.85. The van der Waals surface area contributed by atoms with Gasteiger partial charge in [0.15, 0.2) is 0 Å². The summed E-state index contributed by atoms with van der Waals surface area (Å²) in [5.74, 6) is -0.770. The first-order chi connectivity index (χ1) is 12.7. The standard InChI is InChI=1S/C20H26N4O3/c1-20(2)8-14(21)11-23(20)9-12-3-4-13-10-24(19(27)15(13)7-12)16-5-6-17(25)22-18(16)26/h3-4,7,14,16H,5-6,8-11,21H2,1-2H3,(H,22,25,26). The van der Waals surface area contributed by atoms with Gasteiger partial charge in [-0.3, -0.25) is 24.6 Å². The molecule has 0 aliphatic carbocycles. The van der Waals surface area contributed by atoms with E-state index in [9.17, 15) is 14.4 Å². The molecule has 4 rings (SSSR count). The highest BCUT2D eigenvalue weighted by Gasteiger charge is 2.40. The molecule has 3 aliphatic heterocycles. The van der Waals surface area contributed by atoms with E-state index in [2.05, 4.69) is 30.1 Å². The van der Waals surface area contributed by atoms with Crippen LogP contribution in [0, 0.1) is 0 Å². The minimum Gasteiger partial charge on any atom is -0.326 e. The highest BCUT2D eigenvalue weighted by molar-refractivity contribution is 6.05. The minimum atomic E-state index is -0.568. The number of nitrogens with one attached hydrogen (secondary N) is 1. The Balaban J connectivity index is 1.52. The zero-order chi connectivity index (χ0) is 19.3. The van der Waals surface area contributed by atoms with Gasteiger partial charge in [0, 0.05) is 43.2 Å². The van der Waals surface area contributed by atoms with E-state index in [0.717, 1.165) is 30.6 Å². The van der Waals surface area contributed by atoms with E-state index in [4.69, 9.17) is 5.73 Å². The number of piperidine rings is 1. The van der Waals surface area contributed by atoms with Crippen LogP contribution in [-0.2, 0) is 22.7 Å². The van der Waals surface area contributed by atoms with Crippen LogP contribution in [-0.4, -0.2) is 51.7 Å². The second-order valence-electron chi connectivity index (χ2n) is 8.55. The molecule has 2 atom stereocenters. The molecular weight excluding hydrogens is 344 g/mol. The Bertz CT molecular complexity index is 819. The van der Waals surface area contributed by atoms with Crippen molar-refractivity contribution in [3.63, 3.8) is 0 Å². The molecule has 0 radical (unpaired) electrons. The van der Waals surface area contributed by atoms with Gasteiger partial charge in [-0.2, -0.15) is 0 Å². The normalized spacial score (nSPS) is 27.8. The maximum Gasteiger partial charge on any atom is 0.255 e. The second-order valence-corrected chi connectivity index (χ2v) is 8.55. The average molecular weight is 370 g/mol. The Labute approximate surface area is 158 Å². The molecule has 3 heterocycles. The molecule has 7 heteroatoms. The Morgan fingerprint density at radius 3 is 2.70 bits per heavy atom. The first-order valence-corrected chi connectivity index (χ1v) is 9.52. The van der Waals surface area contributed by atoms with Gasteiger partial charge >= 0.3 is 0 Å². The van der Waals surface area contributed by atoms with Crippen molar-refractivity contribution in [2.45, 2.75) is 63.8 Å². The highest BCUT2D eigenvalue weighted by Crippen LogP contribution is 2.32. The first-order valence-electron chi connectivity index (χ1n) is 9.52. The Morgan fingerprint density at radius 1 is 1.26 bits per heavy atom. The summed E-state index contributed by atoms with van der Waals surface area (Å²) in [6, 6.07) is 5.60. The van der Waals surface area contributed by atoms with Gasteiger partial charge in [0.25, 0.3) is 5.91 Å². The summed E-state index contributed by atoms with van der Waals surface area (Å²) in [6.07, 6.45) is 1.61. The van der Waals surface area contributed by atoms with Crippen LogP contribution in [0.2, 0.25) is 0 Å². The van der Waals surface area contributed by atoms with Crippen LogP contribution in [0.3, 0.4) is 0 Å². The molecule has 2 saturated heterocycles. The lowest BCUT2D eigenvalue weighted by molar-refractivity contribution is -0.136. The third kappa shape index (κ3) is 3.26. The van der Waals surface area contributed by atoms with E-state index in [0.29, 0.717) is 18.5 Å². The van der Waals surface area contributed by atoms with Crippen LogP contribution >= 0.6 is 0 Å². The van der Waals surface area contributed by atoms with E-state index in [1.165, 1.54) is 0 Å². The van der Waals surface area contributed by atoms with Gasteiger partial charge in [0.05, 0.1) is 0 Å². The number of carbonyl (C=O) groups is 3. The van der Waals surface area contributed by atoms with Crippen LogP contribution < -0.4 is 11.1 Å². The molecule has 3 aliphatic rings. The molecule has 1 aromatic carbocycles. The summed E-state index contributed by atoms with van der Waals surface area (Å²) in [4.78, 5) is 40.4. The van der Waals surface area contributed by atoms with Crippen LogP contribution in [0.15, 0.2) is 18.2 Å². The fourth-order valence-electron chi connectivity index (χ4n) is 4.56. The van der Waals surface area contributed by atoms with E-state index in [1.54, 1.807) is 4.90 Å². The number of carbonyl (C=O) groups excluding carboxylic acids is 3. The topological polar surface area (TPSA) is 95.7 Å². The minimum absolute atomic E-state index is 0.0429. The molecule has 3 N–H and O–H groups in total. The molecule has 144 valence electrons. The monoisotopic (exact) mass is 370 g/mol. The second kappa shape index (κ2) is 6.42. The molecule has 27 heavy (non-hydrogen) atoms. The molecule has 2 fully saturated rings. The largest absolute Gasteiger partial charge is 0.326 e. The van der Waals surface area contributed by atoms with Crippen molar-refractivity contribution in [1.29, 1.82) is 0 Å². The van der Waals surface area contributed by atoms with Crippen LogP contribution in [0.5, 0.6) is 0 Å². The number of nitrogens with two attached hydrogens (primary N) is 1. The number of amides is 3. The molecule has 0 saturated carbocycles. The predicted octanol–water partition coefficient (Wildman–Crippen LogP) is 0.759. The molecule has 1 aromatic rings. The van der Waals surface area contributed by atoms with Gasteiger partial charge < -0.3 is 10.6 Å². The number of fused-ring (bicyclic) bond motifs is 1. The van der Waals surface area contributed by atoms with Gasteiger partial charge in [0.1, 0.15) is 6.04 Å². The van der Waals surface area contributed by atoms with Crippen molar-refractivity contribution in [2.75, 3.05) is 6.54 Å². The van der Waals surface area contributed by atoms with Crippen molar-refractivity contribution < 1.29 is 14.4 Å². The zero-order valence-corrected chi connectivity index (χ0v) is 15.8. The quantitative estimate of drug-likeness (QED) is 0.766. The molecule has 0 aromatic heterocycles. The SMILES string of the molecule is CC1(C)CC(N)CN1Cc1ccc2c(c1)C(=O)N(C1CCC(=O)NC1=O)C2. The molecule has 3 amide bonds. The first kappa shape index (κ1) is 18.1. The number of rotatable bonds is 3. The van der Waals surface area contributed by atoms with E-state index in [-0.39, 0.29) is 35.7 Å². The summed E-state index contributed by atoms with van der Waals surface area (Å²) in [6.45, 7) is 6.41. The lowest BCUT2D eigenvalue weighted by Crippen LogP contribution is -2.52. The number of hydrogen-bond acceptors (Lipinski definition) is 5. The van der Waals surface area contributed by atoms with Gasteiger partial charge in [-0.05, 0) is 43.9 Å². The summed E-state index contributed by atoms with van der Waals surface area (Å²) < 4.78 is 0. The van der Waals surface area contributed by atoms with E-state index in [1.807, 2.05) is 12.1 Å². The summed E-state index contributed by atoms with van der Waals surface area (Å²) in [7, 11) is 0. The average Bonchev–Trinajstić information content (AvgIpc) is 3.03. The Hall–Kier alpha value is -2.25. The summed E-state index contributed by atoms with van der Waals surface area (Å²) >= 11 is 0. The Kier molecular flexibility index (Phi) is 4.31. The fourth-order valence-corrected chi connectivity index (χ4v) is 4.56. The molecule has 7 nitrogen and oxygen atoms in total. The van der Waals surface area contributed by atoms with Crippen molar-refractivity contribution in [3.8, 4) is 0 Å². The highest BCUT2D eigenvalue weighted by atomic mass is 16.2. The smallest absolute Gasteiger partial charge is 0.255 e. The van der Waals surface area contributed by atoms with Crippen LogP contribution in [0.1, 0.15) is 54.6 Å². The number of nitrogens with zero attached hydrogens (tertiary/aromatic N) is 2. The third-order valence-electron chi connectivity index (χ3n) is 6.04. The fraction of sp³-hybridized carbons (Fsp3) is 0.550. The van der Waals surface area contributed by atoms with Crippen LogP contribution in [0.4, 0.5) is 0 Å². The zero-order valence-electron chi connectivity index (χ0n) is 15.8. The van der Waals surface area contributed by atoms with Gasteiger partial charge in [-0.25, -0.2) is 0 Å². The Morgan fingerprint density at radius 2 is 2.04 bits per heavy atom. The van der Waals surface area contributed by atoms with E-state index >= 15 is 0 Å². The van der Waals surface area contributed by atoms with Crippen molar-refractivity contribution in [1.82, 2.24) is 15.1 Å². The van der Waals surface area contributed by atoms with Crippen molar-refractivity contribution in [3.05, 3.63) is 34.9 Å². The van der Waals surface area contributed by atoms with Crippen LogP contribution in [0.25, 0.3) is 0 Å². The lowest BCUT2D eigenvalue weighted by atomic mass is 9.99. The molecule has 2 unspecified atom stereocenters. The number of likely N-dealkylation sites (tertiary alicyclic amines) is 1. The maximum atomic E-state index is 12.9. The van der Waals surface area contributed by atoms with Gasteiger partial charge in [-0.15, -0.1) is 0 Å². The van der Waals surface area contributed by atoms with Gasteiger partial charge in [-0.1, -0.05) is 12.1 Å². The number of hydrogen-bond donors (Lipinski definition) is 2. The van der Waals surface area contributed by atoms with Crippen molar-refractivity contribution >= 4 is 17.7 Å². The molecule has 0 bridgehead atoms. The van der Waals surface area contributed by atoms with Crippen molar-refractivity contribution in [2.24, 2.45) is 5.73 Å². The van der Waals surface area contributed by atoms with E-state index < -0.39 is 6.04 Å². The third-order valence-corrected chi connectivity index (χ3v) is 6.04. The lowest BCUT2D eigenvalue weighted by Gasteiger charge is -2.31. The predicted molar refractivity (Wildman–Crippen MR) is 99.6 cm³/mol. The molecular formula is C20H26N4O3. The van der Waals surface area contributed by atoms with Gasteiger partial charge in [0.2, 0.25) is 11.8 Å². The molecule has 0 spiro atoms. The number of imide groups is 1. The maximum absolute atomic E-state index is 12.9.